The standard InChI is InChI=1S/C21H21ClN2O4/c1-23(2)11-12-24-18(13-5-9-16(25)10-6-13)17(20(27)21(24)28)19(26)14-3-7-15(22)8-4-14/h3-10,18,25-26H,11-12H2,1-2H3/b19-17-. The lowest BCUT2D eigenvalue weighted by molar-refractivity contribution is -0.140. The van der Waals surface area contributed by atoms with Crippen molar-refractivity contribution in [1.29, 1.82) is 0 Å². The van der Waals surface area contributed by atoms with Crippen LogP contribution in [0, 0.1) is 0 Å². The molecule has 2 N–H and O–H groups in total. The SMILES string of the molecule is CN(C)CCN1C(=O)C(=O)/C(=C(\O)c2ccc(Cl)cc2)C1c1ccc(O)cc1. The van der Waals surface area contributed by atoms with Crippen molar-refractivity contribution in [2.45, 2.75) is 6.04 Å². The van der Waals surface area contributed by atoms with Crippen LogP contribution in [-0.2, 0) is 9.59 Å². The Balaban J connectivity index is 2.13. The zero-order valence-electron chi connectivity index (χ0n) is 15.6. The topological polar surface area (TPSA) is 81.1 Å². The Bertz CT molecular complexity index is 920. The molecular formula is C21H21ClN2O4. The van der Waals surface area contributed by atoms with Crippen molar-refractivity contribution in [2.75, 3.05) is 27.2 Å². The van der Waals surface area contributed by atoms with Gasteiger partial charge in [-0.05, 0) is 56.1 Å². The zero-order valence-corrected chi connectivity index (χ0v) is 16.3. The molecule has 2 aromatic carbocycles. The number of nitrogens with zero attached hydrogens (tertiary/aromatic N) is 2. The third-order valence-corrected chi connectivity index (χ3v) is 4.91. The molecule has 1 unspecified atom stereocenters. The van der Waals surface area contributed by atoms with E-state index in [4.69, 9.17) is 11.6 Å². The highest BCUT2D eigenvalue weighted by molar-refractivity contribution is 6.46. The predicted molar refractivity (Wildman–Crippen MR) is 107 cm³/mol. The normalized spacial score (nSPS) is 18.9. The summed E-state index contributed by atoms with van der Waals surface area (Å²) in [5.41, 5.74) is 1.06. The first-order valence-corrected chi connectivity index (χ1v) is 9.15. The van der Waals surface area contributed by atoms with Crippen molar-refractivity contribution in [3.8, 4) is 5.75 Å². The number of ketones is 1. The fourth-order valence-corrected chi connectivity index (χ4v) is 3.31. The Kier molecular flexibility index (Phi) is 5.72. The Morgan fingerprint density at radius 1 is 1.07 bits per heavy atom. The van der Waals surface area contributed by atoms with Crippen LogP contribution < -0.4 is 0 Å². The molecule has 0 aromatic heterocycles. The number of benzene rings is 2. The number of hydrogen-bond donors (Lipinski definition) is 2. The van der Waals surface area contributed by atoms with Crippen LogP contribution in [0.1, 0.15) is 17.2 Å². The molecule has 0 bridgehead atoms. The average Bonchev–Trinajstić information content (AvgIpc) is 2.91. The molecule has 2 aromatic rings. The Morgan fingerprint density at radius 2 is 1.68 bits per heavy atom. The number of phenolic OH excluding ortho intramolecular Hbond substituents is 1. The molecule has 146 valence electrons. The number of hydrogen-bond acceptors (Lipinski definition) is 5. The number of aliphatic hydroxyl groups excluding tert-OH is 1. The summed E-state index contributed by atoms with van der Waals surface area (Å²) >= 11 is 5.91. The molecule has 1 aliphatic rings. The van der Waals surface area contributed by atoms with Crippen molar-refractivity contribution in [2.24, 2.45) is 0 Å². The first-order valence-electron chi connectivity index (χ1n) is 8.77. The summed E-state index contributed by atoms with van der Waals surface area (Å²) in [6, 6.07) is 11.9. The number of rotatable bonds is 5. The molecule has 0 spiro atoms. The van der Waals surface area contributed by atoms with Crippen molar-refractivity contribution >= 4 is 29.1 Å². The van der Waals surface area contributed by atoms with Crippen LogP contribution in [-0.4, -0.2) is 58.9 Å². The highest BCUT2D eigenvalue weighted by Crippen LogP contribution is 2.39. The molecule has 0 aliphatic carbocycles. The van der Waals surface area contributed by atoms with Gasteiger partial charge < -0.3 is 20.0 Å². The van der Waals surface area contributed by atoms with Gasteiger partial charge in [-0.25, -0.2) is 0 Å². The Labute approximate surface area is 168 Å². The summed E-state index contributed by atoms with van der Waals surface area (Å²) < 4.78 is 0. The summed E-state index contributed by atoms with van der Waals surface area (Å²) in [7, 11) is 3.75. The van der Waals surface area contributed by atoms with Crippen LogP contribution in [0.2, 0.25) is 5.02 Å². The minimum absolute atomic E-state index is 0.0248. The average molecular weight is 401 g/mol. The Morgan fingerprint density at radius 3 is 2.25 bits per heavy atom. The molecule has 0 radical (unpaired) electrons. The lowest BCUT2D eigenvalue weighted by atomic mass is 9.95. The number of carbonyl (C=O) groups is 2. The molecule has 3 rings (SSSR count). The monoisotopic (exact) mass is 400 g/mol. The zero-order chi connectivity index (χ0) is 20.4. The molecule has 6 nitrogen and oxygen atoms in total. The summed E-state index contributed by atoms with van der Waals surface area (Å²) in [4.78, 5) is 28.9. The summed E-state index contributed by atoms with van der Waals surface area (Å²) in [5, 5.41) is 21.0. The molecule has 0 saturated carbocycles. The van der Waals surface area contributed by atoms with Crippen LogP contribution in [0.25, 0.3) is 5.76 Å². The minimum Gasteiger partial charge on any atom is -0.508 e. The van der Waals surface area contributed by atoms with E-state index in [2.05, 4.69) is 0 Å². The van der Waals surface area contributed by atoms with E-state index in [0.29, 0.717) is 29.2 Å². The molecule has 28 heavy (non-hydrogen) atoms. The maximum atomic E-state index is 12.8. The van der Waals surface area contributed by atoms with Crippen LogP contribution in [0.15, 0.2) is 54.1 Å². The van der Waals surface area contributed by atoms with Crippen molar-refractivity contribution in [3.63, 3.8) is 0 Å². The maximum Gasteiger partial charge on any atom is 0.295 e. The number of carbonyl (C=O) groups excluding carboxylic acids is 2. The number of aliphatic hydroxyl groups is 1. The quantitative estimate of drug-likeness (QED) is 0.458. The van der Waals surface area contributed by atoms with Gasteiger partial charge in [0.25, 0.3) is 11.7 Å². The number of likely N-dealkylation sites (N-methyl/N-ethyl adjacent to an activating group) is 1. The van der Waals surface area contributed by atoms with E-state index in [9.17, 15) is 19.8 Å². The van der Waals surface area contributed by atoms with Crippen LogP contribution in [0.4, 0.5) is 0 Å². The predicted octanol–water partition coefficient (Wildman–Crippen LogP) is 3.03. The van der Waals surface area contributed by atoms with Crippen LogP contribution in [0.5, 0.6) is 5.75 Å². The number of amides is 1. The summed E-state index contributed by atoms with van der Waals surface area (Å²) in [6.45, 7) is 0.878. The van der Waals surface area contributed by atoms with E-state index >= 15 is 0 Å². The van der Waals surface area contributed by atoms with Gasteiger partial charge in [-0.15, -0.1) is 0 Å². The highest BCUT2D eigenvalue weighted by atomic mass is 35.5. The second kappa shape index (κ2) is 8.04. The third-order valence-electron chi connectivity index (χ3n) is 4.65. The molecule has 1 atom stereocenters. The van der Waals surface area contributed by atoms with Crippen molar-refractivity contribution < 1.29 is 19.8 Å². The number of Topliss-reactive ketones (excluding diaryl/α,β-unsaturated/α-hetero) is 1. The summed E-state index contributed by atoms with van der Waals surface area (Å²) in [6.07, 6.45) is 0. The van der Waals surface area contributed by atoms with Gasteiger partial charge in [0, 0.05) is 23.7 Å². The minimum atomic E-state index is -0.740. The van der Waals surface area contributed by atoms with Gasteiger partial charge in [0.05, 0.1) is 11.6 Å². The second-order valence-corrected chi connectivity index (χ2v) is 7.33. The van der Waals surface area contributed by atoms with E-state index in [1.165, 1.54) is 17.0 Å². The Hall–Kier alpha value is -2.83. The maximum absolute atomic E-state index is 12.8. The van der Waals surface area contributed by atoms with Gasteiger partial charge in [0.1, 0.15) is 11.5 Å². The van der Waals surface area contributed by atoms with E-state index in [1.54, 1.807) is 36.4 Å². The number of phenols is 1. The number of likely N-dealkylation sites (tertiary alicyclic amines) is 1. The van der Waals surface area contributed by atoms with Gasteiger partial charge in [-0.2, -0.15) is 0 Å². The molecular weight excluding hydrogens is 380 g/mol. The first-order chi connectivity index (χ1) is 13.3. The van der Waals surface area contributed by atoms with Gasteiger partial charge in [-0.3, -0.25) is 9.59 Å². The van der Waals surface area contributed by atoms with Gasteiger partial charge in [0.15, 0.2) is 0 Å². The fourth-order valence-electron chi connectivity index (χ4n) is 3.18. The lowest BCUT2D eigenvalue weighted by Crippen LogP contribution is -2.35. The molecule has 1 amide bonds. The summed E-state index contributed by atoms with van der Waals surface area (Å²) in [5.74, 6) is -1.56. The lowest BCUT2D eigenvalue weighted by Gasteiger charge is -2.26. The molecule has 7 heteroatoms. The van der Waals surface area contributed by atoms with Gasteiger partial charge in [0.2, 0.25) is 0 Å². The smallest absolute Gasteiger partial charge is 0.295 e. The van der Waals surface area contributed by atoms with Crippen molar-refractivity contribution in [3.05, 3.63) is 70.3 Å². The van der Waals surface area contributed by atoms with Crippen molar-refractivity contribution in [1.82, 2.24) is 9.80 Å². The molecule has 1 aliphatic heterocycles. The van der Waals surface area contributed by atoms with E-state index in [1.807, 2.05) is 19.0 Å². The van der Waals surface area contributed by atoms with E-state index in [-0.39, 0.29) is 17.1 Å². The van der Waals surface area contributed by atoms with E-state index in [0.717, 1.165) is 0 Å². The number of halogens is 1. The molecule has 1 saturated heterocycles. The van der Waals surface area contributed by atoms with Crippen LogP contribution in [0.3, 0.4) is 0 Å². The second-order valence-electron chi connectivity index (χ2n) is 6.89. The largest absolute Gasteiger partial charge is 0.508 e. The third kappa shape index (κ3) is 3.88. The number of aromatic hydroxyl groups is 1. The fraction of sp³-hybridized carbons (Fsp3) is 0.238. The first kappa shape index (κ1) is 19.9. The highest BCUT2D eigenvalue weighted by Gasteiger charge is 2.45. The molecule has 1 fully saturated rings. The van der Waals surface area contributed by atoms with Gasteiger partial charge in [-0.1, -0.05) is 23.7 Å². The molecule has 1 heterocycles. The van der Waals surface area contributed by atoms with Gasteiger partial charge >= 0.3 is 0 Å². The van der Waals surface area contributed by atoms with E-state index < -0.39 is 17.7 Å². The van der Waals surface area contributed by atoms with Crippen LogP contribution >= 0.6 is 11.6 Å².